The molecule has 3 heterocycles. The van der Waals surface area contributed by atoms with Crippen LogP contribution in [0, 0.1) is 17.2 Å². The molecule has 2 aliphatic rings. The molecule has 1 aromatic carbocycles. The van der Waals surface area contributed by atoms with Crippen LogP contribution in [0.5, 0.6) is 5.75 Å². The first-order chi connectivity index (χ1) is 16.5. The van der Waals surface area contributed by atoms with E-state index >= 15 is 0 Å². The van der Waals surface area contributed by atoms with E-state index in [-0.39, 0.29) is 23.2 Å². The number of rotatable bonds is 5. The first kappa shape index (κ1) is 27.6. The van der Waals surface area contributed by atoms with E-state index in [1.807, 2.05) is 0 Å². The lowest BCUT2D eigenvalue weighted by atomic mass is 9.99. The van der Waals surface area contributed by atoms with Crippen molar-refractivity contribution in [3.05, 3.63) is 47.8 Å². The third-order valence-corrected chi connectivity index (χ3v) is 6.62. The highest BCUT2D eigenvalue weighted by molar-refractivity contribution is 7.81. The summed E-state index contributed by atoms with van der Waals surface area (Å²) in [6, 6.07) is 9.27. The summed E-state index contributed by atoms with van der Waals surface area (Å²) in [6.45, 7) is 5.88. The molecule has 0 unspecified atom stereocenters. The number of thiocarbonyl (C=S) groups is 1. The molecule has 0 saturated carbocycles. The van der Waals surface area contributed by atoms with Crippen LogP contribution in [0.1, 0.15) is 37.9 Å². The Hall–Kier alpha value is -2.94. The number of halogens is 4. The van der Waals surface area contributed by atoms with Crippen LogP contribution in [0.25, 0.3) is 0 Å². The summed E-state index contributed by atoms with van der Waals surface area (Å²) in [7, 11) is 0. The number of alkyl halides is 3. The fourth-order valence-corrected chi connectivity index (χ4v) is 4.81. The minimum atomic E-state index is -4.81. The van der Waals surface area contributed by atoms with Crippen LogP contribution in [0.2, 0.25) is 0 Å². The topological polar surface area (TPSA) is 81.5 Å². The molecule has 192 valence electrons. The number of aromatic nitrogens is 1. The Morgan fingerprint density at radius 3 is 2.44 bits per heavy atom. The average molecular weight is 540 g/mol. The van der Waals surface area contributed by atoms with Gasteiger partial charge in [-0.25, -0.2) is 4.98 Å². The van der Waals surface area contributed by atoms with E-state index in [0.717, 1.165) is 43.1 Å². The Bertz CT molecular complexity index is 1180. The Morgan fingerprint density at radius 1 is 1.22 bits per heavy atom. The molecular formula is C24H25ClF3N5O2S. The Balaban J connectivity index is 0.00000361. The molecular weight excluding hydrogens is 515 g/mol. The largest absolute Gasteiger partial charge is 0.493 e. The molecule has 1 N–H and O–H groups in total. The van der Waals surface area contributed by atoms with E-state index in [4.69, 9.17) is 22.2 Å². The maximum Gasteiger partial charge on any atom is 0.419 e. The van der Waals surface area contributed by atoms with Gasteiger partial charge in [0.1, 0.15) is 17.4 Å². The molecule has 2 fully saturated rings. The van der Waals surface area contributed by atoms with Crippen molar-refractivity contribution in [2.45, 2.75) is 38.4 Å². The summed E-state index contributed by atoms with van der Waals surface area (Å²) in [4.78, 5) is 19.5. The molecule has 12 heteroatoms. The minimum Gasteiger partial charge on any atom is -0.493 e. The van der Waals surface area contributed by atoms with Gasteiger partial charge in [0.15, 0.2) is 10.8 Å². The number of nitrogens with one attached hydrogen (secondary N) is 1. The summed E-state index contributed by atoms with van der Waals surface area (Å²) in [5, 5.41) is 12.3. The number of benzene rings is 1. The van der Waals surface area contributed by atoms with E-state index in [9.17, 15) is 18.0 Å². The summed E-state index contributed by atoms with van der Waals surface area (Å²) >= 11 is 5.54. The fraction of sp³-hybridized carbons (Fsp3) is 0.417. The van der Waals surface area contributed by atoms with Gasteiger partial charge in [0.25, 0.3) is 5.91 Å². The molecule has 1 aromatic heterocycles. The fourth-order valence-electron chi connectivity index (χ4n) is 4.29. The van der Waals surface area contributed by atoms with Crippen molar-refractivity contribution in [1.29, 1.82) is 5.26 Å². The number of hydrogen-bond acceptors (Lipinski definition) is 6. The lowest BCUT2D eigenvalue weighted by Crippen LogP contribution is -2.44. The van der Waals surface area contributed by atoms with Crippen LogP contribution in [0.3, 0.4) is 0 Å². The van der Waals surface area contributed by atoms with Crippen molar-refractivity contribution in [3.8, 4) is 11.8 Å². The van der Waals surface area contributed by atoms with Gasteiger partial charge in [0, 0.05) is 5.69 Å². The number of ether oxygens (including phenoxy) is 1. The average Bonchev–Trinajstić information content (AvgIpc) is 3.01. The van der Waals surface area contributed by atoms with E-state index in [1.54, 1.807) is 43.0 Å². The van der Waals surface area contributed by atoms with Crippen LogP contribution >= 0.6 is 24.6 Å². The smallest absolute Gasteiger partial charge is 0.419 e. The molecule has 7 nitrogen and oxygen atoms in total. The number of amides is 1. The second-order valence-electron chi connectivity index (χ2n) is 9.02. The molecule has 0 bridgehead atoms. The predicted molar refractivity (Wildman–Crippen MR) is 135 cm³/mol. The van der Waals surface area contributed by atoms with Crippen molar-refractivity contribution < 1.29 is 22.7 Å². The summed E-state index contributed by atoms with van der Waals surface area (Å²) in [5.74, 6) is 0.674. The second-order valence-corrected chi connectivity index (χ2v) is 9.38. The number of piperidine rings is 1. The van der Waals surface area contributed by atoms with E-state index < -0.39 is 28.9 Å². The maximum absolute atomic E-state index is 13.5. The first-order valence-corrected chi connectivity index (χ1v) is 11.5. The molecule has 0 spiro atoms. The number of anilines is 2. The van der Waals surface area contributed by atoms with Gasteiger partial charge >= 0.3 is 6.18 Å². The van der Waals surface area contributed by atoms with Gasteiger partial charge in [-0.2, -0.15) is 18.4 Å². The minimum absolute atomic E-state index is 0. The highest BCUT2D eigenvalue weighted by atomic mass is 35.5. The molecule has 0 aliphatic carbocycles. The summed E-state index contributed by atoms with van der Waals surface area (Å²) in [5.41, 5.74) is -2.71. The van der Waals surface area contributed by atoms with E-state index in [2.05, 4.69) is 10.3 Å². The second kappa shape index (κ2) is 10.6. The monoisotopic (exact) mass is 539 g/mol. The van der Waals surface area contributed by atoms with Gasteiger partial charge in [-0.15, -0.1) is 12.4 Å². The lowest BCUT2D eigenvalue weighted by Gasteiger charge is -2.29. The maximum atomic E-state index is 13.5. The lowest BCUT2D eigenvalue weighted by molar-refractivity contribution is -0.138. The molecule has 2 saturated heterocycles. The highest BCUT2D eigenvalue weighted by Crippen LogP contribution is 2.39. The summed E-state index contributed by atoms with van der Waals surface area (Å²) in [6.07, 6.45) is -1.63. The number of carbonyl (C=O) groups excluding carboxylic acids is 1. The normalized spacial score (nSPS) is 18.1. The van der Waals surface area contributed by atoms with Crippen molar-refractivity contribution in [3.63, 3.8) is 0 Å². The third-order valence-electron chi connectivity index (χ3n) is 6.25. The van der Waals surface area contributed by atoms with Gasteiger partial charge in [-0.1, -0.05) is 0 Å². The quantitative estimate of drug-likeness (QED) is 0.552. The van der Waals surface area contributed by atoms with Gasteiger partial charge in [-0.3, -0.25) is 9.69 Å². The predicted octanol–water partition coefficient (Wildman–Crippen LogP) is 4.69. The molecule has 1 amide bonds. The zero-order valence-electron chi connectivity index (χ0n) is 19.6. The number of carbonyl (C=O) groups is 1. The number of nitriles is 1. The SMILES string of the molecule is CC1(C)C(=O)N(c2cnc(C#N)c(C(F)(F)F)c2)C(=S)N1c1ccc(OCC2CCNCC2)cc1.Cl. The molecule has 0 radical (unpaired) electrons. The van der Waals surface area contributed by atoms with E-state index in [1.165, 1.54) is 6.07 Å². The van der Waals surface area contributed by atoms with Crippen LogP contribution in [0.4, 0.5) is 24.5 Å². The number of pyridine rings is 1. The Labute approximate surface area is 218 Å². The molecule has 0 atom stereocenters. The molecule has 36 heavy (non-hydrogen) atoms. The van der Waals surface area contributed by atoms with Gasteiger partial charge in [-0.05, 0) is 88.2 Å². The standard InChI is InChI=1S/C24H24F3N5O2S.ClH/c1-23(2)21(33)31(17-11-19(24(25,26)27)20(12-28)30-13-17)22(35)32(23)16-3-5-18(6-4-16)34-14-15-7-9-29-10-8-15;/h3-6,11,13,15,29H,7-10,14H2,1-2H3;1H. The molecule has 2 aromatic rings. The van der Waals surface area contributed by atoms with Gasteiger partial charge < -0.3 is 15.0 Å². The zero-order chi connectivity index (χ0) is 25.4. The molecule has 2 aliphatic heterocycles. The Morgan fingerprint density at radius 2 is 1.86 bits per heavy atom. The summed E-state index contributed by atoms with van der Waals surface area (Å²) < 4.78 is 46.3. The highest BCUT2D eigenvalue weighted by Gasteiger charge is 2.51. The number of nitrogens with zero attached hydrogens (tertiary/aromatic N) is 4. The van der Waals surface area contributed by atoms with Crippen LogP contribution < -0.4 is 19.9 Å². The van der Waals surface area contributed by atoms with Crippen molar-refractivity contribution >= 4 is 47.0 Å². The van der Waals surface area contributed by atoms with Crippen LogP contribution in [-0.2, 0) is 11.0 Å². The van der Waals surface area contributed by atoms with Crippen molar-refractivity contribution in [2.75, 3.05) is 29.5 Å². The van der Waals surface area contributed by atoms with Crippen molar-refractivity contribution in [2.24, 2.45) is 5.92 Å². The van der Waals surface area contributed by atoms with E-state index in [0.29, 0.717) is 24.0 Å². The van der Waals surface area contributed by atoms with Gasteiger partial charge in [0.2, 0.25) is 0 Å². The Kier molecular flexibility index (Phi) is 8.13. The van der Waals surface area contributed by atoms with Crippen molar-refractivity contribution in [1.82, 2.24) is 10.3 Å². The van der Waals surface area contributed by atoms with Crippen LogP contribution in [-0.4, -0.2) is 41.2 Å². The molecule has 4 rings (SSSR count). The first-order valence-electron chi connectivity index (χ1n) is 11.1. The third kappa shape index (κ3) is 5.26. The van der Waals surface area contributed by atoms with Gasteiger partial charge in [0.05, 0.1) is 24.1 Å². The zero-order valence-corrected chi connectivity index (χ0v) is 21.3. The number of hydrogen-bond donors (Lipinski definition) is 1. The van der Waals surface area contributed by atoms with Crippen LogP contribution in [0.15, 0.2) is 36.5 Å².